The van der Waals surface area contributed by atoms with Crippen LogP contribution < -0.4 is 5.32 Å². The average Bonchev–Trinajstić information content (AvgIpc) is 2.92. The molecule has 4 nitrogen and oxygen atoms in total. The third-order valence-electron chi connectivity index (χ3n) is 2.25. The molecule has 0 saturated heterocycles. The quantitative estimate of drug-likeness (QED) is 0.828. The van der Waals surface area contributed by atoms with Crippen molar-refractivity contribution < 1.29 is 5.11 Å². The molecule has 0 spiro atoms. The first-order chi connectivity index (χ1) is 6.65. The fraction of sp³-hybridized carbons (Fsp3) is 0.500. The maximum absolute atomic E-state index is 9.12. The lowest BCUT2D eigenvalue weighted by molar-refractivity contribution is 0.266. The van der Waals surface area contributed by atoms with Gasteiger partial charge in [0.15, 0.2) is 0 Å². The van der Waals surface area contributed by atoms with Crippen LogP contribution in [0.1, 0.15) is 12.8 Å². The Morgan fingerprint density at radius 1 is 1.64 bits per heavy atom. The van der Waals surface area contributed by atoms with Crippen molar-refractivity contribution in [2.24, 2.45) is 0 Å². The summed E-state index contributed by atoms with van der Waals surface area (Å²) in [7, 11) is 0. The van der Waals surface area contributed by atoms with Gasteiger partial charge in [-0.05, 0) is 40.4 Å². The van der Waals surface area contributed by atoms with E-state index in [1.54, 1.807) is 6.20 Å². The molecule has 2 rings (SSSR count). The maximum atomic E-state index is 9.12. The number of nitrogens with one attached hydrogen (secondary N) is 1. The van der Waals surface area contributed by atoms with Gasteiger partial charge in [-0.25, -0.2) is 4.98 Å². The zero-order valence-corrected chi connectivity index (χ0v) is 9.64. The molecule has 0 radical (unpaired) electrons. The molecule has 0 unspecified atom stereocenters. The van der Waals surface area contributed by atoms with Gasteiger partial charge < -0.3 is 10.4 Å². The number of hydrogen-bond acceptors (Lipinski definition) is 4. The SMILES string of the molecule is OCC1(Nc2nc(Cl)ncc2Br)CC1. The van der Waals surface area contributed by atoms with Crippen molar-refractivity contribution in [2.75, 3.05) is 11.9 Å². The predicted molar refractivity (Wildman–Crippen MR) is 57.4 cm³/mol. The van der Waals surface area contributed by atoms with Crippen molar-refractivity contribution in [3.63, 3.8) is 0 Å². The summed E-state index contributed by atoms with van der Waals surface area (Å²) in [5.74, 6) is 0.636. The number of halogens is 2. The van der Waals surface area contributed by atoms with Gasteiger partial charge in [-0.1, -0.05) is 0 Å². The number of aromatic nitrogens is 2. The number of anilines is 1. The van der Waals surface area contributed by atoms with Crippen molar-refractivity contribution in [2.45, 2.75) is 18.4 Å². The minimum atomic E-state index is -0.194. The van der Waals surface area contributed by atoms with E-state index in [1.807, 2.05) is 0 Å². The molecular formula is C8H9BrClN3O. The van der Waals surface area contributed by atoms with E-state index in [1.165, 1.54) is 0 Å². The zero-order valence-electron chi connectivity index (χ0n) is 7.30. The third-order valence-corrected chi connectivity index (χ3v) is 3.02. The molecule has 76 valence electrons. The highest BCUT2D eigenvalue weighted by molar-refractivity contribution is 9.10. The highest BCUT2D eigenvalue weighted by atomic mass is 79.9. The third kappa shape index (κ3) is 1.99. The molecule has 0 bridgehead atoms. The van der Waals surface area contributed by atoms with Gasteiger partial charge in [-0.3, -0.25) is 0 Å². The highest BCUT2D eigenvalue weighted by Crippen LogP contribution is 2.39. The summed E-state index contributed by atoms with van der Waals surface area (Å²) >= 11 is 8.98. The summed E-state index contributed by atoms with van der Waals surface area (Å²) in [6.45, 7) is 0.112. The van der Waals surface area contributed by atoms with Crippen LogP contribution in [0.3, 0.4) is 0 Å². The Morgan fingerprint density at radius 3 is 2.93 bits per heavy atom. The lowest BCUT2D eigenvalue weighted by Crippen LogP contribution is -2.26. The molecular weight excluding hydrogens is 269 g/mol. The molecule has 1 fully saturated rings. The van der Waals surface area contributed by atoms with E-state index >= 15 is 0 Å². The Morgan fingerprint density at radius 2 is 2.36 bits per heavy atom. The van der Waals surface area contributed by atoms with E-state index in [2.05, 4.69) is 31.2 Å². The Balaban J connectivity index is 2.20. The van der Waals surface area contributed by atoms with Crippen LogP contribution in [0.5, 0.6) is 0 Å². The number of rotatable bonds is 3. The summed E-state index contributed by atoms with van der Waals surface area (Å²) in [6.07, 6.45) is 3.50. The molecule has 1 heterocycles. The molecule has 0 atom stereocenters. The summed E-state index contributed by atoms with van der Waals surface area (Å²) < 4.78 is 0.752. The van der Waals surface area contributed by atoms with Gasteiger partial charge in [0.25, 0.3) is 0 Å². The summed E-state index contributed by atoms with van der Waals surface area (Å²) in [4.78, 5) is 7.85. The van der Waals surface area contributed by atoms with Crippen LogP contribution >= 0.6 is 27.5 Å². The van der Waals surface area contributed by atoms with E-state index in [0.29, 0.717) is 5.82 Å². The molecule has 1 aliphatic carbocycles. The first-order valence-electron chi connectivity index (χ1n) is 4.22. The monoisotopic (exact) mass is 277 g/mol. The van der Waals surface area contributed by atoms with E-state index < -0.39 is 0 Å². The van der Waals surface area contributed by atoms with Gasteiger partial charge >= 0.3 is 0 Å². The predicted octanol–water partition coefficient (Wildman–Crippen LogP) is 1.83. The second-order valence-corrected chi connectivity index (χ2v) is 4.59. The Bertz CT molecular complexity index is 356. The van der Waals surface area contributed by atoms with Gasteiger partial charge in [0.1, 0.15) is 5.82 Å². The van der Waals surface area contributed by atoms with Crippen molar-refractivity contribution in [1.82, 2.24) is 9.97 Å². The largest absolute Gasteiger partial charge is 0.394 e. The van der Waals surface area contributed by atoms with Gasteiger partial charge in [0.2, 0.25) is 5.28 Å². The Labute approximate surface area is 94.8 Å². The number of hydrogen-bond donors (Lipinski definition) is 2. The van der Waals surface area contributed by atoms with Crippen molar-refractivity contribution >= 4 is 33.3 Å². The smallest absolute Gasteiger partial charge is 0.224 e. The molecule has 6 heteroatoms. The van der Waals surface area contributed by atoms with Gasteiger partial charge in [-0.15, -0.1) is 0 Å². The zero-order chi connectivity index (χ0) is 10.2. The van der Waals surface area contributed by atoms with Crippen LogP contribution in [-0.2, 0) is 0 Å². The summed E-state index contributed by atoms with van der Waals surface area (Å²) in [5, 5.41) is 12.5. The average molecular weight is 279 g/mol. The second-order valence-electron chi connectivity index (χ2n) is 3.40. The molecule has 1 aliphatic rings. The minimum Gasteiger partial charge on any atom is -0.394 e. The molecule has 0 amide bonds. The maximum Gasteiger partial charge on any atom is 0.224 e. The standard InChI is InChI=1S/C8H9BrClN3O/c9-5-3-11-7(10)12-6(5)13-8(4-14)1-2-8/h3,14H,1-2,4H2,(H,11,12,13). The van der Waals surface area contributed by atoms with Crippen LogP contribution in [0.25, 0.3) is 0 Å². The number of nitrogens with zero attached hydrogens (tertiary/aromatic N) is 2. The normalized spacial score (nSPS) is 17.9. The minimum absolute atomic E-state index is 0.112. The van der Waals surface area contributed by atoms with Gasteiger partial charge in [0, 0.05) is 6.20 Å². The fourth-order valence-corrected chi connectivity index (χ4v) is 1.58. The van der Waals surface area contributed by atoms with Gasteiger partial charge in [-0.2, -0.15) is 4.98 Å². The first kappa shape index (κ1) is 10.1. The van der Waals surface area contributed by atoms with E-state index in [9.17, 15) is 0 Å². The van der Waals surface area contributed by atoms with Crippen LogP contribution in [0.15, 0.2) is 10.7 Å². The molecule has 0 aliphatic heterocycles. The molecule has 1 saturated carbocycles. The van der Waals surface area contributed by atoms with Crippen molar-refractivity contribution in [3.05, 3.63) is 16.0 Å². The van der Waals surface area contributed by atoms with Crippen molar-refractivity contribution in [3.8, 4) is 0 Å². The lowest BCUT2D eigenvalue weighted by Gasteiger charge is -2.15. The summed E-state index contributed by atoms with van der Waals surface area (Å²) in [6, 6.07) is 0. The first-order valence-corrected chi connectivity index (χ1v) is 5.39. The highest BCUT2D eigenvalue weighted by Gasteiger charge is 2.42. The van der Waals surface area contributed by atoms with E-state index in [0.717, 1.165) is 17.3 Å². The van der Waals surface area contributed by atoms with E-state index in [-0.39, 0.29) is 17.4 Å². The van der Waals surface area contributed by atoms with Crippen LogP contribution in [-0.4, -0.2) is 27.2 Å². The molecule has 2 N–H and O–H groups in total. The van der Waals surface area contributed by atoms with Crippen molar-refractivity contribution in [1.29, 1.82) is 0 Å². The van der Waals surface area contributed by atoms with Gasteiger partial charge in [0.05, 0.1) is 16.6 Å². The van der Waals surface area contributed by atoms with E-state index in [4.69, 9.17) is 16.7 Å². The summed E-state index contributed by atoms with van der Waals surface area (Å²) in [5.41, 5.74) is -0.194. The number of aliphatic hydroxyl groups excluding tert-OH is 1. The van der Waals surface area contributed by atoms with Crippen LogP contribution in [0.2, 0.25) is 5.28 Å². The molecule has 1 aromatic rings. The van der Waals surface area contributed by atoms with Crippen LogP contribution in [0, 0.1) is 0 Å². The second kappa shape index (κ2) is 3.64. The molecule has 1 aromatic heterocycles. The molecule has 14 heavy (non-hydrogen) atoms. The molecule has 0 aromatic carbocycles. The lowest BCUT2D eigenvalue weighted by atomic mass is 10.3. The fourth-order valence-electron chi connectivity index (χ4n) is 1.16. The number of aliphatic hydroxyl groups is 1. The Kier molecular flexibility index (Phi) is 2.64. The van der Waals surface area contributed by atoms with Crippen LogP contribution in [0.4, 0.5) is 5.82 Å². The topological polar surface area (TPSA) is 58.0 Å². The Hall–Kier alpha value is -0.390.